The van der Waals surface area contributed by atoms with E-state index < -0.39 is 0 Å². The topological polar surface area (TPSA) is 17.8 Å². The van der Waals surface area contributed by atoms with Crippen LogP contribution in [0.25, 0.3) is 0 Å². The minimum absolute atomic E-state index is 0. The Labute approximate surface area is 50.1 Å². The summed E-state index contributed by atoms with van der Waals surface area (Å²) in [6, 6.07) is 0. The minimum Gasteiger partial charge on any atom is -0.276 e. The average Bonchev–Trinajstić information content (AvgIpc) is 1.87. The summed E-state index contributed by atoms with van der Waals surface area (Å²) in [6.45, 7) is 2.02. The third-order valence-electron chi connectivity index (χ3n) is 0.834. The summed E-state index contributed by atoms with van der Waals surface area (Å²) in [6.07, 6.45) is 3.81. The van der Waals surface area contributed by atoms with Crippen molar-refractivity contribution < 1.29 is 0 Å². The molecule has 0 bridgehead atoms. The van der Waals surface area contributed by atoms with E-state index in [1.807, 2.05) is 26.4 Å². The highest BCUT2D eigenvalue weighted by molar-refractivity contribution is 4.98. The fraction of sp³-hybridized carbons (Fsp3) is 0.500. The molecule has 0 aromatic carbocycles. The number of hydrogen-bond donors (Lipinski definition) is 0. The van der Waals surface area contributed by atoms with Gasteiger partial charge < -0.3 is 0 Å². The first kappa shape index (κ1) is 7.21. The van der Waals surface area contributed by atoms with E-state index >= 15 is 0 Å². The molecule has 0 unspecified atom stereocenters. The lowest BCUT2D eigenvalue weighted by atomic mass is 10.4. The highest BCUT2D eigenvalue weighted by atomic mass is 15.2. The largest absolute Gasteiger partial charge is 0.276 e. The SMILES string of the molecule is C.Cc1cnn(C)c1. The molecule has 0 saturated carbocycles. The van der Waals surface area contributed by atoms with E-state index in [-0.39, 0.29) is 7.43 Å². The fourth-order valence-corrected chi connectivity index (χ4v) is 0.544. The Morgan fingerprint density at radius 2 is 2.25 bits per heavy atom. The molecule has 0 aliphatic rings. The molecule has 2 nitrogen and oxygen atoms in total. The second-order valence-electron chi connectivity index (χ2n) is 1.69. The van der Waals surface area contributed by atoms with E-state index in [1.54, 1.807) is 4.68 Å². The molecule has 0 fully saturated rings. The van der Waals surface area contributed by atoms with Crippen LogP contribution in [0.5, 0.6) is 0 Å². The molecular weight excluding hydrogens is 100 g/mol. The maximum Gasteiger partial charge on any atom is 0.0518 e. The Morgan fingerprint density at radius 3 is 2.38 bits per heavy atom. The Balaban J connectivity index is 0.000000490. The van der Waals surface area contributed by atoms with Gasteiger partial charge in [0.25, 0.3) is 0 Å². The molecule has 0 spiro atoms. The normalized spacial score (nSPS) is 8.25. The second kappa shape index (κ2) is 2.50. The maximum atomic E-state index is 3.93. The molecule has 1 rings (SSSR count). The van der Waals surface area contributed by atoms with Crippen LogP contribution in [-0.2, 0) is 7.05 Å². The highest BCUT2D eigenvalue weighted by Crippen LogP contribution is 1.88. The molecular formula is C6H12N2. The predicted molar refractivity (Wildman–Crippen MR) is 34.7 cm³/mol. The third kappa shape index (κ3) is 1.37. The van der Waals surface area contributed by atoms with E-state index in [2.05, 4.69) is 5.10 Å². The van der Waals surface area contributed by atoms with Crippen LogP contribution in [0.4, 0.5) is 0 Å². The molecule has 0 aliphatic carbocycles. The van der Waals surface area contributed by atoms with Gasteiger partial charge in [-0.3, -0.25) is 4.68 Å². The lowest BCUT2D eigenvalue weighted by Gasteiger charge is -1.78. The van der Waals surface area contributed by atoms with Crippen LogP contribution in [0.3, 0.4) is 0 Å². The minimum atomic E-state index is 0. The first-order valence-electron chi connectivity index (χ1n) is 2.24. The molecule has 0 amide bonds. The van der Waals surface area contributed by atoms with Crippen LogP contribution < -0.4 is 0 Å². The van der Waals surface area contributed by atoms with Crippen molar-refractivity contribution >= 4 is 0 Å². The van der Waals surface area contributed by atoms with Crippen molar-refractivity contribution in [3.05, 3.63) is 18.0 Å². The fourth-order valence-electron chi connectivity index (χ4n) is 0.544. The van der Waals surface area contributed by atoms with Crippen molar-refractivity contribution in [2.45, 2.75) is 14.4 Å². The molecule has 0 saturated heterocycles. The third-order valence-corrected chi connectivity index (χ3v) is 0.834. The van der Waals surface area contributed by atoms with E-state index in [0.29, 0.717) is 0 Å². The zero-order chi connectivity index (χ0) is 5.28. The molecule has 1 aromatic heterocycles. The van der Waals surface area contributed by atoms with Gasteiger partial charge in [-0.15, -0.1) is 0 Å². The Hall–Kier alpha value is -0.790. The Morgan fingerprint density at radius 1 is 1.62 bits per heavy atom. The lowest BCUT2D eigenvalue weighted by molar-refractivity contribution is 0.767. The quantitative estimate of drug-likeness (QED) is 0.495. The maximum absolute atomic E-state index is 3.93. The smallest absolute Gasteiger partial charge is 0.0518 e. The molecule has 46 valence electrons. The van der Waals surface area contributed by atoms with Crippen LogP contribution in [0.2, 0.25) is 0 Å². The molecule has 0 N–H and O–H groups in total. The van der Waals surface area contributed by atoms with Crippen LogP contribution >= 0.6 is 0 Å². The molecule has 0 radical (unpaired) electrons. The van der Waals surface area contributed by atoms with Gasteiger partial charge in [0.1, 0.15) is 0 Å². The van der Waals surface area contributed by atoms with Gasteiger partial charge in [-0.1, -0.05) is 7.43 Å². The summed E-state index contributed by atoms with van der Waals surface area (Å²) < 4.78 is 1.79. The molecule has 0 atom stereocenters. The number of hydrogen-bond acceptors (Lipinski definition) is 1. The number of rotatable bonds is 0. The van der Waals surface area contributed by atoms with Crippen molar-refractivity contribution in [1.82, 2.24) is 9.78 Å². The number of nitrogens with zero attached hydrogens (tertiary/aromatic N) is 2. The summed E-state index contributed by atoms with van der Waals surface area (Å²) >= 11 is 0. The molecule has 2 heteroatoms. The van der Waals surface area contributed by atoms with Crippen molar-refractivity contribution in [2.75, 3.05) is 0 Å². The van der Waals surface area contributed by atoms with Crippen LogP contribution in [-0.4, -0.2) is 9.78 Å². The van der Waals surface area contributed by atoms with Gasteiger partial charge in [0.2, 0.25) is 0 Å². The Bertz CT molecular complexity index is 139. The summed E-state index contributed by atoms with van der Waals surface area (Å²) in [5.74, 6) is 0. The number of aryl methyl sites for hydroxylation is 2. The van der Waals surface area contributed by atoms with Gasteiger partial charge in [0.15, 0.2) is 0 Å². The van der Waals surface area contributed by atoms with Gasteiger partial charge in [0.05, 0.1) is 6.20 Å². The van der Waals surface area contributed by atoms with Crippen LogP contribution in [0.1, 0.15) is 13.0 Å². The van der Waals surface area contributed by atoms with Crippen molar-refractivity contribution in [2.24, 2.45) is 7.05 Å². The summed E-state index contributed by atoms with van der Waals surface area (Å²) in [4.78, 5) is 0. The van der Waals surface area contributed by atoms with Crippen molar-refractivity contribution in [1.29, 1.82) is 0 Å². The summed E-state index contributed by atoms with van der Waals surface area (Å²) in [5.41, 5.74) is 1.21. The standard InChI is InChI=1S/C5H8N2.CH4/c1-5-3-6-7(2)4-5;/h3-4H,1-2H3;1H4. The zero-order valence-corrected chi connectivity index (χ0v) is 4.55. The Kier molecular flexibility index (Phi) is 2.25. The molecule has 8 heavy (non-hydrogen) atoms. The van der Waals surface area contributed by atoms with Gasteiger partial charge in [-0.05, 0) is 12.5 Å². The monoisotopic (exact) mass is 112 g/mol. The van der Waals surface area contributed by atoms with E-state index in [9.17, 15) is 0 Å². The molecule has 1 aromatic rings. The summed E-state index contributed by atoms with van der Waals surface area (Å²) in [7, 11) is 1.91. The first-order valence-corrected chi connectivity index (χ1v) is 2.24. The van der Waals surface area contributed by atoms with Gasteiger partial charge >= 0.3 is 0 Å². The van der Waals surface area contributed by atoms with Gasteiger partial charge in [0, 0.05) is 13.2 Å². The van der Waals surface area contributed by atoms with E-state index in [4.69, 9.17) is 0 Å². The number of aromatic nitrogens is 2. The van der Waals surface area contributed by atoms with Crippen LogP contribution in [0.15, 0.2) is 12.4 Å². The highest BCUT2D eigenvalue weighted by Gasteiger charge is 1.81. The van der Waals surface area contributed by atoms with Gasteiger partial charge in [-0.25, -0.2) is 0 Å². The van der Waals surface area contributed by atoms with Crippen molar-refractivity contribution in [3.8, 4) is 0 Å². The van der Waals surface area contributed by atoms with Crippen LogP contribution in [0, 0.1) is 6.92 Å². The first-order chi connectivity index (χ1) is 3.29. The lowest BCUT2D eigenvalue weighted by Crippen LogP contribution is -1.83. The van der Waals surface area contributed by atoms with E-state index in [0.717, 1.165) is 0 Å². The average molecular weight is 112 g/mol. The van der Waals surface area contributed by atoms with Crippen molar-refractivity contribution in [3.63, 3.8) is 0 Å². The predicted octanol–water partition coefficient (Wildman–Crippen LogP) is 1.36. The second-order valence-corrected chi connectivity index (χ2v) is 1.69. The van der Waals surface area contributed by atoms with E-state index in [1.165, 1.54) is 5.56 Å². The molecule has 1 heterocycles. The zero-order valence-electron chi connectivity index (χ0n) is 4.55. The van der Waals surface area contributed by atoms with Gasteiger partial charge in [-0.2, -0.15) is 5.10 Å². The summed E-state index contributed by atoms with van der Waals surface area (Å²) in [5, 5.41) is 3.93. The molecule has 0 aliphatic heterocycles.